The minimum atomic E-state index is -1.26. The van der Waals surface area contributed by atoms with Crippen molar-refractivity contribution in [2.75, 3.05) is 40.5 Å². The fourth-order valence-corrected chi connectivity index (χ4v) is 2.68. The minimum absolute atomic E-state index is 0.00282. The van der Waals surface area contributed by atoms with Crippen molar-refractivity contribution in [1.29, 1.82) is 0 Å². The summed E-state index contributed by atoms with van der Waals surface area (Å²) in [5.41, 5.74) is 1.32. The Morgan fingerprint density at radius 2 is 1.44 bits per heavy atom. The highest BCUT2D eigenvalue weighted by molar-refractivity contribution is 9.10. The first kappa shape index (κ1) is 28.8. The van der Waals surface area contributed by atoms with E-state index in [2.05, 4.69) is 26.9 Å². The molecule has 182 valence electrons. The molecule has 2 rings (SSSR count). The van der Waals surface area contributed by atoms with Crippen molar-refractivity contribution in [3.8, 4) is 5.75 Å². The second-order valence-corrected chi connectivity index (χ2v) is 7.82. The summed E-state index contributed by atoms with van der Waals surface area (Å²) in [5, 5.41) is 15.6. The number of carboxylic acid groups (broad SMARTS) is 2. The quantitative estimate of drug-likeness (QED) is 0.240. The number of halogens is 1. The summed E-state index contributed by atoms with van der Waals surface area (Å²) >= 11 is 3.37. The van der Waals surface area contributed by atoms with Crippen molar-refractivity contribution in [2.24, 2.45) is 0 Å². The van der Waals surface area contributed by atoms with Gasteiger partial charge in [-0.3, -0.25) is 4.79 Å². The van der Waals surface area contributed by atoms with Gasteiger partial charge in [0.1, 0.15) is 12.4 Å². The molecule has 0 aliphatic heterocycles. The van der Waals surface area contributed by atoms with Gasteiger partial charge >= 0.3 is 11.9 Å². The molecule has 0 bridgehead atoms. The highest BCUT2D eigenvalue weighted by atomic mass is 79.9. The molecule has 0 radical (unpaired) electrons. The predicted octanol–water partition coefficient (Wildman–Crippen LogP) is 3.91. The highest BCUT2D eigenvalue weighted by Gasteiger charge is 2.08. The highest BCUT2D eigenvalue weighted by Crippen LogP contribution is 2.17. The first-order valence-electron chi connectivity index (χ1n) is 10.2. The molecule has 0 aliphatic rings. The van der Waals surface area contributed by atoms with Gasteiger partial charge in [-0.2, -0.15) is 0 Å². The maximum Gasteiger partial charge on any atom is 0.328 e. The number of benzene rings is 2. The van der Waals surface area contributed by atoms with E-state index in [1.807, 2.05) is 49.5 Å². The molecule has 0 saturated heterocycles. The molecule has 0 saturated carbocycles. The Labute approximate surface area is 207 Å². The van der Waals surface area contributed by atoms with Gasteiger partial charge in [0, 0.05) is 48.0 Å². The van der Waals surface area contributed by atoms with Crippen molar-refractivity contribution < 1.29 is 34.1 Å². The third kappa shape index (κ3) is 12.7. The van der Waals surface area contributed by atoms with Gasteiger partial charge in [0.05, 0.1) is 6.61 Å². The van der Waals surface area contributed by atoms with E-state index < -0.39 is 11.9 Å². The average Bonchev–Trinajstić information content (AvgIpc) is 2.82. The van der Waals surface area contributed by atoms with E-state index in [0.717, 1.165) is 29.9 Å². The number of ether oxygens (including phenoxy) is 2. The molecule has 0 unspecified atom stereocenters. The second-order valence-electron chi connectivity index (χ2n) is 6.91. The molecule has 0 atom stereocenters. The number of ketones is 1. The van der Waals surface area contributed by atoms with Gasteiger partial charge in [0.25, 0.3) is 0 Å². The maximum atomic E-state index is 12.4. The lowest BCUT2D eigenvalue weighted by atomic mass is 10.0. The maximum absolute atomic E-state index is 12.4. The van der Waals surface area contributed by atoms with Crippen LogP contribution in [0, 0.1) is 0 Å². The lowest BCUT2D eigenvalue weighted by Gasteiger charge is -2.12. The summed E-state index contributed by atoms with van der Waals surface area (Å²) in [5.74, 6) is -1.77. The van der Waals surface area contributed by atoms with Crippen LogP contribution >= 0.6 is 15.9 Å². The molecular formula is C25H28BrNO7. The molecule has 0 amide bonds. The Hall–Kier alpha value is -3.27. The lowest BCUT2D eigenvalue weighted by molar-refractivity contribution is -0.134. The van der Waals surface area contributed by atoms with Crippen LogP contribution in [-0.2, 0) is 14.3 Å². The first-order valence-corrected chi connectivity index (χ1v) is 11.0. The Balaban J connectivity index is 0.000000620. The zero-order valence-corrected chi connectivity index (χ0v) is 20.6. The van der Waals surface area contributed by atoms with Crippen molar-refractivity contribution in [3.63, 3.8) is 0 Å². The van der Waals surface area contributed by atoms with Crippen LogP contribution in [0.4, 0.5) is 0 Å². The molecule has 8 nitrogen and oxygen atoms in total. The second kappa shape index (κ2) is 16.4. The Kier molecular flexibility index (Phi) is 13.8. The first-order chi connectivity index (χ1) is 16.2. The SMILES string of the molecule is COCCN(C)C/C=C/COc1ccc(C(=O)c2ccc(Br)cc2)cc1.O=C(O)/C=C/C(=O)O. The number of carboxylic acids is 2. The largest absolute Gasteiger partial charge is 0.490 e. The topological polar surface area (TPSA) is 113 Å². The molecule has 0 aromatic heterocycles. The van der Waals surface area contributed by atoms with Gasteiger partial charge in [-0.1, -0.05) is 28.1 Å². The molecule has 2 aromatic carbocycles. The van der Waals surface area contributed by atoms with Crippen LogP contribution in [0.25, 0.3) is 0 Å². The van der Waals surface area contributed by atoms with Gasteiger partial charge in [0.15, 0.2) is 5.78 Å². The Morgan fingerprint density at radius 1 is 0.912 bits per heavy atom. The molecular weight excluding hydrogens is 506 g/mol. The van der Waals surface area contributed by atoms with Crippen LogP contribution in [0.1, 0.15) is 15.9 Å². The van der Waals surface area contributed by atoms with Crippen LogP contribution in [0.15, 0.2) is 77.3 Å². The third-order valence-corrected chi connectivity index (χ3v) is 4.73. The van der Waals surface area contributed by atoms with E-state index >= 15 is 0 Å². The van der Waals surface area contributed by atoms with Crippen LogP contribution in [0.3, 0.4) is 0 Å². The number of nitrogens with zero attached hydrogens (tertiary/aromatic N) is 1. The molecule has 9 heteroatoms. The summed E-state index contributed by atoms with van der Waals surface area (Å²) in [6, 6.07) is 14.6. The van der Waals surface area contributed by atoms with E-state index in [0.29, 0.717) is 29.9 Å². The Bertz CT molecular complexity index is 954. The molecule has 2 aromatic rings. The predicted molar refractivity (Wildman–Crippen MR) is 132 cm³/mol. The minimum Gasteiger partial charge on any atom is -0.490 e. The molecule has 0 aliphatic carbocycles. The molecule has 0 heterocycles. The summed E-state index contributed by atoms with van der Waals surface area (Å²) in [4.78, 5) is 33.7. The number of hydrogen-bond donors (Lipinski definition) is 2. The fraction of sp³-hybridized carbons (Fsp3) is 0.240. The molecule has 0 fully saturated rings. The van der Waals surface area contributed by atoms with Gasteiger partial charge in [0.2, 0.25) is 0 Å². The van der Waals surface area contributed by atoms with Gasteiger partial charge in [-0.25, -0.2) is 9.59 Å². The fourth-order valence-electron chi connectivity index (χ4n) is 2.42. The number of carbonyl (C=O) groups excluding carboxylic acids is 1. The van der Waals surface area contributed by atoms with Crippen LogP contribution in [-0.4, -0.2) is 73.3 Å². The lowest BCUT2D eigenvalue weighted by Crippen LogP contribution is -2.22. The van der Waals surface area contributed by atoms with Gasteiger partial charge in [-0.05, 0) is 55.6 Å². The summed E-state index contributed by atoms with van der Waals surface area (Å²) < 4.78 is 11.7. The Morgan fingerprint density at radius 3 is 1.94 bits per heavy atom. The zero-order valence-electron chi connectivity index (χ0n) is 19.0. The number of rotatable bonds is 12. The average molecular weight is 534 g/mol. The molecule has 2 N–H and O–H groups in total. The normalized spacial score (nSPS) is 10.8. The number of aliphatic carboxylic acids is 2. The smallest absolute Gasteiger partial charge is 0.328 e. The zero-order chi connectivity index (χ0) is 25.3. The number of hydrogen-bond acceptors (Lipinski definition) is 6. The van der Waals surface area contributed by atoms with Crippen LogP contribution < -0.4 is 4.74 Å². The number of likely N-dealkylation sites (N-methyl/N-ethyl adjacent to an activating group) is 1. The monoisotopic (exact) mass is 533 g/mol. The summed E-state index contributed by atoms with van der Waals surface area (Å²) in [6.45, 7) is 2.98. The van der Waals surface area contributed by atoms with Crippen molar-refractivity contribution >= 4 is 33.7 Å². The van der Waals surface area contributed by atoms with Crippen LogP contribution in [0.2, 0.25) is 0 Å². The summed E-state index contributed by atoms with van der Waals surface area (Å²) in [6.07, 6.45) is 5.18. The number of carbonyl (C=O) groups is 3. The third-order valence-electron chi connectivity index (χ3n) is 4.20. The van der Waals surface area contributed by atoms with Crippen LogP contribution in [0.5, 0.6) is 5.75 Å². The standard InChI is InChI=1S/C21H24BrNO3.C4H4O4/c1-23(14-16-25-2)13-3-4-15-26-20-11-7-18(8-12-20)21(24)17-5-9-19(22)10-6-17;5-3(6)1-2-4(7)8/h3-12H,13-16H2,1-2H3;1-2H,(H,5,6)(H,7,8)/b4-3+;2-1+. The van der Waals surface area contributed by atoms with E-state index in [4.69, 9.17) is 19.7 Å². The molecule has 0 spiro atoms. The van der Waals surface area contributed by atoms with Gasteiger partial charge in [-0.15, -0.1) is 0 Å². The van der Waals surface area contributed by atoms with E-state index in [9.17, 15) is 14.4 Å². The summed E-state index contributed by atoms with van der Waals surface area (Å²) in [7, 11) is 3.75. The van der Waals surface area contributed by atoms with E-state index in [-0.39, 0.29) is 5.78 Å². The van der Waals surface area contributed by atoms with Crippen molar-refractivity contribution in [3.05, 3.63) is 88.4 Å². The van der Waals surface area contributed by atoms with Crippen molar-refractivity contribution in [1.82, 2.24) is 4.90 Å². The van der Waals surface area contributed by atoms with E-state index in [1.165, 1.54) is 0 Å². The van der Waals surface area contributed by atoms with Crippen molar-refractivity contribution in [2.45, 2.75) is 0 Å². The van der Waals surface area contributed by atoms with Gasteiger partial charge < -0.3 is 24.6 Å². The molecule has 34 heavy (non-hydrogen) atoms. The van der Waals surface area contributed by atoms with E-state index in [1.54, 1.807) is 19.2 Å². The number of methoxy groups -OCH3 is 1.